The van der Waals surface area contributed by atoms with E-state index in [1.807, 2.05) is 6.92 Å². The van der Waals surface area contributed by atoms with Crippen LogP contribution in [0.2, 0.25) is 0 Å². The van der Waals surface area contributed by atoms with Crippen molar-refractivity contribution in [3.8, 4) is 0 Å². The SMILES string of the molecule is CCCCCC(C)NCCC(=O)NC(C)CC. The van der Waals surface area contributed by atoms with E-state index in [1.165, 1.54) is 25.7 Å². The Balaban J connectivity index is 3.45. The average Bonchev–Trinajstić information content (AvgIpc) is 2.29. The first kappa shape index (κ1) is 16.4. The molecule has 2 N–H and O–H groups in total. The summed E-state index contributed by atoms with van der Waals surface area (Å²) >= 11 is 0. The number of hydrogen-bond acceptors (Lipinski definition) is 2. The molecule has 0 bridgehead atoms. The van der Waals surface area contributed by atoms with Crippen LogP contribution in [0.1, 0.15) is 66.2 Å². The van der Waals surface area contributed by atoms with E-state index in [9.17, 15) is 4.79 Å². The van der Waals surface area contributed by atoms with Gasteiger partial charge in [-0.05, 0) is 26.7 Å². The maximum atomic E-state index is 11.5. The summed E-state index contributed by atoms with van der Waals surface area (Å²) < 4.78 is 0. The largest absolute Gasteiger partial charge is 0.354 e. The van der Waals surface area contributed by atoms with Gasteiger partial charge < -0.3 is 10.6 Å². The van der Waals surface area contributed by atoms with E-state index < -0.39 is 0 Å². The highest BCUT2D eigenvalue weighted by atomic mass is 16.1. The molecule has 0 aromatic rings. The summed E-state index contributed by atoms with van der Waals surface area (Å²) in [7, 11) is 0. The standard InChI is InChI=1S/C14H30N2O/c1-5-7-8-9-13(4)15-11-10-14(17)16-12(3)6-2/h12-13,15H,5-11H2,1-4H3,(H,16,17). The van der Waals surface area contributed by atoms with Crippen molar-refractivity contribution in [3.05, 3.63) is 0 Å². The van der Waals surface area contributed by atoms with Crippen molar-refractivity contribution in [1.82, 2.24) is 10.6 Å². The molecule has 0 radical (unpaired) electrons. The highest BCUT2D eigenvalue weighted by molar-refractivity contribution is 5.76. The summed E-state index contributed by atoms with van der Waals surface area (Å²) in [5.74, 6) is 0.160. The second-order valence-corrected chi connectivity index (χ2v) is 4.98. The molecule has 17 heavy (non-hydrogen) atoms. The Labute approximate surface area is 107 Å². The smallest absolute Gasteiger partial charge is 0.221 e. The second kappa shape index (κ2) is 10.6. The van der Waals surface area contributed by atoms with Gasteiger partial charge in [-0.1, -0.05) is 33.1 Å². The Bertz CT molecular complexity index is 195. The van der Waals surface area contributed by atoms with E-state index in [4.69, 9.17) is 0 Å². The normalized spacial score (nSPS) is 14.4. The Kier molecular flexibility index (Phi) is 10.2. The molecule has 0 aliphatic heterocycles. The Morgan fingerprint density at radius 3 is 2.41 bits per heavy atom. The predicted molar refractivity (Wildman–Crippen MR) is 74.1 cm³/mol. The number of amides is 1. The lowest BCUT2D eigenvalue weighted by molar-refractivity contribution is -0.121. The van der Waals surface area contributed by atoms with Crippen molar-refractivity contribution >= 4 is 5.91 Å². The van der Waals surface area contributed by atoms with Gasteiger partial charge in [0.25, 0.3) is 0 Å². The highest BCUT2D eigenvalue weighted by Gasteiger charge is 2.06. The Morgan fingerprint density at radius 2 is 1.82 bits per heavy atom. The molecule has 0 aliphatic rings. The summed E-state index contributed by atoms with van der Waals surface area (Å²) in [4.78, 5) is 11.5. The first-order valence-corrected chi connectivity index (χ1v) is 7.12. The lowest BCUT2D eigenvalue weighted by Gasteiger charge is -2.14. The molecule has 102 valence electrons. The number of rotatable bonds is 10. The number of carbonyl (C=O) groups excluding carboxylic acids is 1. The fourth-order valence-electron chi connectivity index (χ4n) is 1.68. The average molecular weight is 242 g/mol. The van der Waals surface area contributed by atoms with Gasteiger partial charge in [0.2, 0.25) is 5.91 Å². The van der Waals surface area contributed by atoms with Gasteiger partial charge in [-0.3, -0.25) is 4.79 Å². The summed E-state index contributed by atoms with van der Waals surface area (Å²) in [6.45, 7) is 9.33. The Hall–Kier alpha value is -0.570. The van der Waals surface area contributed by atoms with Crippen molar-refractivity contribution in [2.45, 2.75) is 78.3 Å². The summed E-state index contributed by atoms with van der Waals surface area (Å²) in [6.07, 6.45) is 6.64. The summed E-state index contributed by atoms with van der Waals surface area (Å²) in [5.41, 5.74) is 0. The molecule has 0 saturated heterocycles. The molecule has 0 aromatic carbocycles. The van der Waals surface area contributed by atoms with E-state index in [0.29, 0.717) is 18.5 Å². The molecule has 3 nitrogen and oxygen atoms in total. The fourth-order valence-corrected chi connectivity index (χ4v) is 1.68. The van der Waals surface area contributed by atoms with Gasteiger partial charge in [-0.2, -0.15) is 0 Å². The van der Waals surface area contributed by atoms with Crippen LogP contribution in [-0.4, -0.2) is 24.5 Å². The molecule has 0 aliphatic carbocycles. The summed E-state index contributed by atoms with van der Waals surface area (Å²) in [5, 5.41) is 6.38. The molecule has 0 saturated carbocycles. The Morgan fingerprint density at radius 1 is 1.12 bits per heavy atom. The van der Waals surface area contributed by atoms with Crippen LogP contribution in [0, 0.1) is 0 Å². The van der Waals surface area contributed by atoms with Crippen LogP contribution >= 0.6 is 0 Å². The molecular formula is C14H30N2O. The molecule has 0 rings (SSSR count). The van der Waals surface area contributed by atoms with Crippen molar-refractivity contribution in [2.24, 2.45) is 0 Å². The zero-order valence-corrected chi connectivity index (χ0v) is 12.0. The predicted octanol–water partition coefficient (Wildman–Crippen LogP) is 2.85. The van der Waals surface area contributed by atoms with Gasteiger partial charge >= 0.3 is 0 Å². The van der Waals surface area contributed by atoms with Crippen LogP contribution in [0.15, 0.2) is 0 Å². The van der Waals surface area contributed by atoms with E-state index in [-0.39, 0.29) is 5.91 Å². The third kappa shape index (κ3) is 10.3. The first-order chi connectivity index (χ1) is 8.10. The van der Waals surface area contributed by atoms with Gasteiger partial charge in [0.05, 0.1) is 0 Å². The third-order valence-corrected chi connectivity index (χ3v) is 3.11. The molecule has 2 atom stereocenters. The topological polar surface area (TPSA) is 41.1 Å². The van der Waals surface area contributed by atoms with Crippen molar-refractivity contribution in [3.63, 3.8) is 0 Å². The number of carbonyl (C=O) groups is 1. The minimum Gasteiger partial charge on any atom is -0.354 e. The molecule has 0 aromatic heterocycles. The maximum absolute atomic E-state index is 11.5. The van der Waals surface area contributed by atoms with Gasteiger partial charge in [0, 0.05) is 25.0 Å². The minimum absolute atomic E-state index is 0.160. The monoisotopic (exact) mass is 242 g/mol. The van der Waals surface area contributed by atoms with Gasteiger partial charge in [0.1, 0.15) is 0 Å². The fraction of sp³-hybridized carbons (Fsp3) is 0.929. The quantitative estimate of drug-likeness (QED) is 0.578. The number of unbranched alkanes of at least 4 members (excludes halogenated alkanes) is 2. The van der Waals surface area contributed by atoms with Crippen LogP contribution in [0.25, 0.3) is 0 Å². The van der Waals surface area contributed by atoms with Crippen molar-refractivity contribution in [2.75, 3.05) is 6.54 Å². The minimum atomic E-state index is 0.160. The molecule has 0 spiro atoms. The maximum Gasteiger partial charge on any atom is 0.221 e. The first-order valence-electron chi connectivity index (χ1n) is 7.12. The van der Waals surface area contributed by atoms with Gasteiger partial charge in [-0.25, -0.2) is 0 Å². The van der Waals surface area contributed by atoms with E-state index >= 15 is 0 Å². The van der Waals surface area contributed by atoms with Crippen LogP contribution in [0.3, 0.4) is 0 Å². The second-order valence-electron chi connectivity index (χ2n) is 4.98. The van der Waals surface area contributed by atoms with Crippen LogP contribution in [0.4, 0.5) is 0 Å². The van der Waals surface area contributed by atoms with Gasteiger partial charge in [-0.15, -0.1) is 0 Å². The van der Waals surface area contributed by atoms with E-state index in [2.05, 4.69) is 31.4 Å². The van der Waals surface area contributed by atoms with Crippen molar-refractivity contribution < 1.29 is 4.79 Å². The lowest BCUT2D eigenvalue weighted by Crippen LogP contribution is -2.35. The molecule has 2 unspecified atom stereocenters. The molecule has 1 amide bonds. The van der Waals surface area contributed by atoms with Gasteiger partial charge in [0.15, 0.2) is 0 Å². The highest BCUT2D eigenvalue weighted by Crippen LogP contribution is 2.02. The molecule has 3 heteroatoms. The van der Waals surface area contributed by atoms with Crippen LogP contribution < -0.4 is 10.6 Å². The number of hydrogen-bond donors (Lipinski definition) is 2. The molecule has 0 heterocycles. The third-order valence-electron chi connectivity index (χ3n) is 3.11. The lowest BCUT2D eigenvalue weighted by atomic mass is 10.1. The van der Waals surface area contributed by atoms with Crippen LogP contribution in [0.5, 0.6) is 0 Å². The zero-order valence-electron chi connectivity index (χ0n) is 12.0. The zero-order chi connectivity index (χ0) is 13.1. The van der Waals surface area contributed by atoms with Crippen LogP contribution in [-0.2, 0) is 4.79 Å². The molecule has 0 fully saturated rings. The van der Waals surface area contributed by atoms with E-state index in [0.717, 1.165) is 13.0 Å². The molecular weight excluding hydrogens is 212 g/mol. The number of nitrogens with one attached hydrogen (secondary N) is 2. The van der Waals surface area contributed by atoms with Crippen molar-refractivity contribution in [1.29, 1.82) is 0 Å². The van der Waals surface area contributed by atoms with E-state index in [1.54, 1.807) is 0 Å². The summed E-state index contributed by atoms with van der Waals surface area (Å²) in [6, 6.07) is 0.822.